The third kappa shape index (κ3) is 5.38. The Hall–Kier alpha value is -2.34. The van der Waals surface area contributed by atoms with Crippen molar-refractivity contribution < 1.29 is 14.7 Å². The normalized spacial score (nSPS) is 10.2. The lowest BCUT2D eigenvalue weighted by atomic mass is 10.1. The number of carbonyl (C=O) groups excluding carboxylic acids is 1. The zero-order valence-corrected chi connectivity index (χ0v) is 14.9. The van der Waals surface area contributed by atoms with Gasteiger partial charge in [-0.2, -0.15) is 0 Å². The van der Waals surface area contributed by atoms with E-state index in [2.05, 4.69) is 21.2 Å². The maximum atomic E-state index is 11.4. The summed E-state index contributed by atoms with van der Waals surface area (Å²) in [5, 5.41) is 11.8. The van der Waals surface area contributed by atoms with Gasteiger partial charge in [0.1, 0.15) is 0 Å². The van der Waals surface area contributed by atoms with Crippen LogP contribution in [-0.4, -0.2) is 23.5 Å². The van der Waals surface area contributed by atoms with Crippen LogP contribution in [0.2, 0.25) is 0 Å². The average molecular weight is 391 g/mol. The van der Waals surface area contributed by atoms with E-state index in [0.29, 0.717) is 13.1 Å². The van der Waals surface area contributed by atoms with E-state index < -0.39 is 5.97 Å². The van der Waals surface area contributed by atoms with Crippen LogP contribution in [0.3, 0.4) is 0 Å². The predicted octanol–water partition coefficient (Wildman–Crippen LogP) is 3.89. The molecule has 0 aliphatic rings. The van der Waals surface area contributed by atoms with Crippen LogP contribution < -0.4 is 10.2 Å². The number of hydrogen-bond acceptors (Lipinski definition) is 3. The standard InChI is InChI=1S/C18H19BrN2O3/c1-13(22)20-17-8-7-15(19)11-14(17)12-21(10-9-18(23)24)16-5-3-2-4-6-16/h2-8,11H,9-10,12H2,1H3,(H,20,22)(H,23,24). The molecule has 2 aromatic rings. The number of benzene rings is 2. The lowest BCUT2D eigenvalue weighted by Crippen LogP contribution is -2.26. The Labute approximate surface area is 149 Å². The first kappa shape index (κ1) is 18.0. The van der Waals surface area contributed by atoms with Crippen molar-refractivity contribution in [1.82, 2.24) is 0 Å². The summed E-state index contributed by atoms with van der Waals surface area (Å²) in [6.45, 7) is 2.34. The van der Waals surface area contributed by atoms with Crippen LogP contribution in [0.15, 0.2) is 53.0 Å². The Balaban J connectivity index is 2.30. The van der Waals surface area contributed by atoms with Crippen LogP contribution in [-0.2, 0) is 16.1 Å². The first-order valence-electron chi connectivity index (χ1n) is 7.53. The van der Waals surface area contributed by atoms with Crippen molar-refractivity contribution in [2.75, 3.05) is 16.8 Å². The van der Waals surface area contributed by atoms with Crippen molar-refractivity contribution in [3.05, 3.63) is 58.6 Å². The summed E-state index contributed by atoms with van der Waals surface area (Å²) in [4.78, 5) is 24.4. The number of nitrogens with zero attached hydrogens (tertiary/aromatic N) is 1. The van der Waals surface area contributed by atoms with Gasteiger partial charge in [0, 0.05) is 35.9 Å². The van der Waals surface area contributed by atoms with Crippen molar-refractivity contribution in [3.8, 4) is 0 Å². The smallest absolute Gasteiger partial charge is 0.305 e. The number of amides is 1. The highest BCUT2D eigenvalue weighted by atomic mass is 79.9. The van der Waals surface area contributed by atoms with Gasteiger partial charge in [-0.05, 0) is 35.9 Å². The molecule has 0 saturated carbocycles. The molecule has 0 bridgehead atoms. The highest BCUT2D eigenvalue weighted by molar-refractivity contribution is 9.10. The average Bonchev–Trinajstić information content (AvgIpc) is 2.54. The molecule has 5 nitrogen and oxygen atoms in total. The van der Waals surface area contributed by atoms with Crippen molar-refractivity contribution in [2.24, 2.45) is 0 Å². The predicted molar refractivity (Wildman–Crippen MR) is 98.2 cm³/mol. The van der Waals surface area contributed by atoms with Gasteiger partial charge in [0.25, 0.3) is 0 Å². The first-order valence-corrected chi connectivity index (χ1v) is 8.33. The molecule has 2 N–H and O–H groups in total. The first-order chi connectivity index (χ1) is 11.5. The van der Waals surface area contributed by atoms with Crippen LogP contribution in [0, 0.1) is 0 Å². The number of para-hydroxylation sites is 1. The van der Waals surface area contributed by atoms with E-state index in [1.165, 1.54) is 6.92 Å². The fourth-order valence-corrected chi connectivity index (χ4v) is 2.79. The molecule has 2 aromatic carbocycles. The Morgan fingerprint density at radius 2 is 1.88 bits per heavy atom. The molecule has 0 unspecified atom stereocenters. The number of halogens is 1. The number of aliphatic carboxylic acids is 1. The highest BCUT2D eigenvalue weighted by Gasteiger charge is 2.13. The van der Waals surface area contributed by atoms with E-state index in [9.17, 15) is 9.59 Å². The summed E-state index contributed by atoms with van der Waals surface area (Å²) in [6, 6.07) is 15.3. The summed E-state index contributed by atoms with van der Waals surface area (Å²) < 4.78 is 0.901. The lowest BCUT2D eigenvalue weighted by molar-refractivity contribution is -0.136. The number of carboxylic acid groups (broad SMARTS) is 1. The van der Waals surface area contributed by atoms with Gasteiger partial charge in [-0.25, -0.2) is 0 Å². The zero-order chi connectivity index (χ0) is 17.5. The van der Waals surface area contributed by atoms with E-state index >= 15 is 0 Å². The molecule has 2 rings (SSSR count). The molecule has 1 amide bonds. The molecule has 0 saturated heterocycles. The molecule has 0 heterocycles. The minimum atomic E-state index is -0.841. The van der Waals surface area contributed by atoms with E-state index in [4.69, 9.17) is 5.11 Å². The maximum Gasteiger partial charge on any atom is 0.305 e. The molecule has 0 aliphatic carbocycles. The molecular formula is C18H19BrN2O3. The molecule has 0 radical (unpaired) electrons. The van der Waals surface area contributed by atoms with Gasteiger partial charge in [-0.1, -0.05) is 34.1 Å². The van der Waals surface area contributed by atoms with Crippen LogP contribution in [0.1, 0.15) is 18.9 Å². The molecule has 24 heavy (non-hydrogen) atoms. The van der Waals surface area contributed by atoms with Gasteiger partial charge in [0.05, 0.1) is 6.42 Å². The largest absolute Gasteiger partial charge is 0.481 e. The Bertz CT molecular complexity index is 719. The minimum Gasteiger partial charge on any atom is -0.481 e. The number of nitrogens with one attached hydrogen (secondary N) is 1. The zero-order valence-electron chi connectivity index (χ0n) is 13.3. The second kappa shape index (κ2) is 8.49. The summed E-state index contributed by atoms with van der Waals surface area (Å²) in [7, 11) is 0. The van der Waals surface area contributed by atoms with Gasteiger partial charge in [0.15, 0.2) is 0 Å². The fraction of sp³-hybridized carbons (Fsp3) is 0.222. The monoisotopic (exact) mass is 390 g/mol. The summed E-state index contributed by atoms with van der Waals surface area (Å²) in [5.41, 5.74) is 2.57. The van der Waals surface area contributed by atoms with Crippen LogP contribution in [0.25, 0.3) is 0 Å². The molecule has 0 atom stereocenters. The van der Waals surface area contributed by atoms with Crippen molar-refractivity contribution in [1.29, 1.82) is 0 Å². The summed E-state index contributed by atoms with van der Waals surface area (Å²) in [6.07, 6.45) is 0.0400. The molecule has 0 aromatic heterocycles. The number of carbonyl (C=O) groups is 2. The molecule has 6 heteroatoms. The van der Waals surface area contributed by atoms with E-state index in [1.807, 2.05) is 53.4 Å². The Morgan fingerprint density at radius 3 is 2.50 bits per heavy atom. The lowest BCUT2D eigenvalue weighted by Gasteiger charge is -2.25. The number of carboxylic acids is 1. The van der Waals surface area contributed by atoms with Crippen molar-refractivity contribution >= 4 is 39.2 Å². The van der Waals surface area contributed by atoms with Gasteiger partial charge in [0.2, 0.25) is 5.91 Å². The number of rotatable bonds is 7. The van der Waals surface area contributed by atoms with Gasteiger partial charge < -0.3 is 15.3 Å². The SMILES string of the molecule is CC(=O)Nc1ccc(Br)cc1CN(CCC(=O)O)c1ccccc1. The van der Waals surface area contributed by atoms with Gasteiger partial charge in [-0.3, -0.25) is 9.59 Å². The number of hydrogen-bond donors (Lipinski definition) is 2. The maximum absolute atomic E-state index is 11.4. The van der Waals surface area contributed by atoms with E-state index in [1.54, 1.807) is 0 Å². The summed E-state index contributed by atoms with van der Waals surface area (Å²) in [5.74, 6) is -0.984. The Morgan fingerprint density at radius 1 is 1.17 bits per heavy atom. The second-order valence-corrected chi connectivity index (χ2v) is 6.30. The quantitative estimate of drug-likeness (QED) is 0.752. The topological polar surface area (TPSA) is 69.6 Å². The van der Waals surface area contributed by atoms with Gasteiger partial charge >= 0.3 is 5.97 Å². The second-order valence-electron chi connectivity index (χ2n) is 5.38. The molecule has 0 aliphatic heterocycles. The molecule has 0 spiro atoms. The third-order valence-electron chi connectivity index (χ3n) is 3.46. The van der Waals surface area contributed by atoms with Crippen LogP contribution in [0.5, 0.6) is 0 Å². The highest BCUT2D eigenvalue weighted by Crippen LogP contribution is 2.25. The third-order valence-corrected chi connectivity index (χ3v) is 3.95. The van der Waals surface area contributed by atoms with Crippen LogP contribution >= 0.6 is 15.9 Å². The fourth-order valence-electron chi connectivity index (χ4n) is 2.38. The molecular weight excluding hydrogens is 372 g/mol. The molecule has 126 valence electrons. The minimum absolute atomic E-state index is 0.0400. The Kier molecular flexibility index (Phi) is 6.37. The van der Waals surface area contributed by atoms with Gasteiger partial charge in [-0.15, -0.1) is 0 Å². The van der Waals surface area contributed by atoms with E-state index in [-0.39, 0.29) is 12.3 Å². The summed E-state index contributed by atoms with van der Waals surface area (Å²) >= 11 is 3.45. The van der Waals surface area contributed by atoms with Crippen LogP contribution in [0.4, 0.5) is 11.4 Å². The van der Waals surface area contributed by atoms with E-state index in [0.717, 1.165) is 21.4 Å². The number of anilines is 2. The van der Waals surface area contributed by atoms with Crippen molar-refractivity contribution in [3.63, 3.8) is 0 Å². The molecule has 0 fully saturated rings. The van der Waals surface area contributed by atoms with Crippen molar-refractivity contribution in [2.45, 2.75) is 19.9 Å².